The molecule has 0 amide bonds. The molecule has 0 bridgehead atoms. The molecule has 0 saturated heterocycles. The maximum absolute atomic E-state index is 10.7. The minimum Gasteiger partial charge on any atom is -0.480 e. The Morgan fingerprint density at radius 3 is 2.75 bits per heavy atom. The van der Waals surface area contributed by atoms with Gasteiger partial charge in [-0.25, -0.2) is 0 Å². The number of hydrogen-bond donors (Lipinski definition) is 2. The summed E-state index contributed by atoms with van der Waals surface area (Å²) in [5, 5.41) is 8.83. The van der Waals surface area contributed by atoms with Crippen molar-refractivity contribution in [3.05, 3.63) is 28.2 Å². The number of halogens is 1. The lowest BCUT2D eigenvalue weighted by Crippen LogP contribution is -2.34. The van der Waals surface area contributed by atoms with Crippen LogP contribution in [0.4, 0.5) is 5.69 Å². The molecule has 0 spiro atoms. The zero-order valence-electron chi connectivity index (χ0n) is 9.11. The van der Waals surface area contributed by atoms with Gasteiger partial charge in [-0.1, -0.05) is 15.9 Å². The first-order chi connectivity index (χ1) is 7.54. The Morgan fingerprint density at radius 1 is 1.56 bits per heavy atom. The molecule has 3 N–H and O–H groups in total. The molecule has 0 aliphatic carbocycles. The van der Waals surface area contributed by atoms with Crippen LogP contribution in [-0.4, -0.2) is 30.7 Å². The molecule has 0 saturated carbocycles. The third-order valence-corrected chi connectivity index (χ3v) is 2.72. The maximum Gasteiger partial charge on any atom is 0.323 e. The van der Waals surface area contributed by atoms with E-state index in [1.165, 1.54) is 0 Å². The number of carboxylic acid groups (broad SMARTS) is 1. The topological polar surface area (TPSA) is 66.6 Å². The fraction of sp³-hybridized carbons (Fsp3) is 0.364. The van der Waals surface area contributed by atoms with Crippen LogP contribution in [0.5, 0.6) is 0 Å². The molecule has 0 atom stereocenters. The van der Waals surface area contributed by atoms with Gasteiger partial charge in [-0.2, -0.15) is 0 Å². The van der Waals surface area contributed by atoms with E-state index in [0.717, 1.165) is 15.7 Å². The number of anilines is 1. The molecule has 0 aliphatic heterocycles. The highest BCUT2D eigenvalue weighted by molar-refractivity contribution is 9.10. The number of hydrogen-bond acceptors (Lipinski definition) is 3. The number of rotatable bonds is 5. The summed E-state index contributed by atoms with van der Waals surface area (Å²) in [6, 6.07) is 5.76. The fourth-order valence-electron chi connectivity index (χ4n) is 1.58. The van der Waals surface area contributed by atoms with Gasteiger partial charge >= 0.3 is 5.97 Å². The summed E-state index contributed by atoms with van der Waals surface area (Å²) in [6.45, 7) is 2.89. The minimum atomic E-state index is -0.851. The Hall–Kier alpha value is -1.07. The molecule has 1 aromatic carbocycles. The Balaban J connectivity index is 2.95. The third kappa shape index (κ3) is 3.50. The summed E-state index contributed by atoms with van der Waals surface area (Å²) >= 11 is 3.38. The Bertz CT molecular complexity index is 382. The molecule has 0 heterocycles. The Kier molecular flexibility index (Phi) is 4.76. The van der Waals surface area contributed by atoms with E-state index in [0.29, 0.717) is 13.1 Å². The molecule has 5 heteroatoms. The predicted octanol–water partition coefficient (Wildman–Crippen LogP) is 1.61. The lowest BCUT2D eigenvalue weighted by atomic mass is 10.2. The molecule has 0 aromatic heterocycles. The lowest BCUT2D eigenvalue weighted by Gasteiger charge is -2.24. The lowest BCUT2D eigenvalue weighted by molar-refractivity contribution is -0.135. The average molecular weight is 287 g/mol. The van der Waals surface area contributed by atoms with Crippen molar-refractivity contribution < 1.29 is 9.90 Å². The highest BCUT2D eigenvalue weighted by atomic mass is 79.9. The van der Waals surface area contributed by atoms with Crippen molar-refractivity contribution in [1.29, 1.82) is 0 Å². The second kappa shape index (κ2) is 5.86. The molecule has 0 radical (unpaired) electrons. The van der Waals surface area contributed by atoms with Crippen LogP contribution in [0.3, 0.4) is 0 Å². The molecular weight excluding hydrogens is 272 g/mol. The number of nitrogens with two attached hydrogens (primary N) is 1. The monoisotopic (exact) mass is 286 g/mol. The minimum absolute atomic E-state index is 0.0281. The number of benzene rings is 1. The first-order valence-electron chi connectivity index (χ1n) is 4.97. The fourth-order valence-corrected chi connectivity index (χ4v) is 2.05. The number of aryl methyl sites for hydroxylation is 1. The maximum atomic E-state index is 10.7. The van der Waals surface area contributed by atoms with Gasteiger partial charge in [-0.15, -0.1) is 0 Å². The van der Waals surface area contributed by atoms with Gasteiger partial charge in [0, 0.05) is 23.2 Å². The number of carboxylic acids is 1. The van der Waals surface area contributed by atoms with E-state index in [1.807, 2.05) is 25.1 Å². The van der Waals surface area contributed by atoms with Crippen molar-refractivity contribution in [3.63, 3.8) is 0 Å². The summed E-state index contributed by atoms with van der Waals surface area (Å²) < 4.78 is 0.983. The summed E-state index contributed by atoms with van der Waals surface area (Å²) in [6.07, 6.45) is 0. The molecule has 4 nitrogen and oxygen atoms in total. The van der Waals surface area contributed by atoms with Crippen molar-refractivity contribution in [2.45, 2.75) is 6.92 Å². The smallest absolute Gasteiger partial charge is 0.323 e. The molecule has 1 rings (SSSR count). The molecule has 0 unspecified atom stereocenters. The standard InChI is InChI=1S/C11H15BrN2O2/c1-8-6-9(12)2-3-10(8)14(5-4-13)7-11(15)16/h2-3,6H,4-5,7,13H2,1H3,(H,15,16). The van der Waals surface area contributed by atoms with Gasteiger partial charge < -0.3 is 15.7 Å². The van der Waals surface area contributed by atoms with Crippen molar-refractivity contribution in [2.24, 2.45) is 5.73 Å². The van der Waals surface area contributed by atoms with Crippen molar-refractivity contribution in [3.8, 4) is 0 Å². The zero-order chi connectivity index (χ0) is 12.1. The summed E-state index contributed by atoms with van der Waals surface area (Å²) in [7, 11) is 0. The predicted molar refractivity (Wildman–Crippen MR) is 67.8 cm³/mol. The zero-order valence-corrected chi connectivity index (χ0v) is 10.7. The summed E-state index contributed by atoms with van der Waals surface area (Å²) in [5.41, 5.74) is 7.42. The molecule has 88 valence electrons. The van der Waals surface area contributed by atoms with Crippen molar-refractivity contribution in [2.75, 3.05) is 24.5 Å². The summed E-state index contributed by atoms with van der Waals surface area (Å²) in [4.78, 5) is 12.5. The van der Waals surface area contributed by atoms with Gasteiger partial charge in [-0.3, -0.25) is 4.79 Å². The van der Waals surface area contributed by atoms with Gasteiger partial charge in [0.1, 0.15) is 6.54 Å². The molecule has 1 aromatic rings. The van der Waals surface area contributed by atoms with Crippen LogP contribution in [0.2, 0.25) is 0 Å². The van der Waals surface area contributed by atoms with Crippen LogP contribution in [0.25, 0.3) is 0 Å². The first-order valence-corrected chi connectivity index (χ1v) is 5.77. The van der Waals surface area contributed by atoms with Gasteiger partial charge in [0.25, 0.3) is 0 Å². The second-order valence-corrected chi connectivity index (χ2v) is 4.45. The van der Waals surface area contributed by atoms with E-state index in [9.17, 15) is 4.79 Å². The molecular formula is C11H15BrN2O2. The van der Waals surface area contributed by atoms with Crippen LogP contribution in [-0.2, 0) is 4.79 Å². The SMILES string of the molecule is Cc1cc(Br)ccc1N(CCN)CC(=O)O. The normalized spacial score (nSPS) is 10.2. The van der Waals surface area contributed by atoms with E-state index in [-0.39, 0.29) is 6.54 Å². The number of carbonyl (C=O) groups is 1. The van der Waals surface area contributed by atoms with E-state index in [4.69, 9.17) is 10.8 Å². The highest BCUT2D eigenvalue weighted by Crippen LogP contribution is 2.23. The molecule has 16 heavy (non-hydrogen) atoms. The van der Waals surface area contributed by atoms with E-state index in [1.54, 1.807) is 4.90 Å². The van der Waals surface area contributed by atoms with Gasteiger partial charge in [0.2, 0.25) is 0 Å². The van der Waals surface area contributed by atoms with Crippen LogP contribution in [0.15, 0.2) is 22.7 Å². The number of aliphatic carboxylic acids is 1. The van der Waals surface area contributed by atoms with Gasteiger partial charge in [-0.05, 0) is 30.7 Å². The van der Waals surface area contributed by atoms with E-state index >= 15 is 0 Å². The largest absolute Gasteiger partial charge is 0.480 e. The van der Waals surface area contributed by atoms with Crippen LogP contribution >= 0.6 is 15.9 Å². The Morgan fingerprint density at radius 2 is 2.25 bits per heavy atom. The second-order valence-electron chi connectivity index (χ2n) is 3.53. The van der Waals surface area contributed by atoms with Gasteiger partial charge in [0.15, 0.2) is 0 Å². The van der Waals surface area contributed by atoms with Crippen LogP contribution in [0.1, 0.15) is 5.56 Å². The van der Waals surface area contributed by atoms with Crippen molar-refractivity contribution >= 4 is 27.6 Å². The van der Waals surface area contributed by atoms with Gasteiger partial charge in [0.05, 0.1) is 0 Å². The quantitative estimate of drug-likeness (QED) is 0.863. The highest BCUT2D eigenvalue weighted by Gasteiger charge is 2.11. The van der Waals surface area contributed by atoms with Crippen LogP contribution < -0.4 is 10.6 Å². The van der Waals surface area contributed by atoms with Crippen molar-refractivity contribution in [1.82, 2.24) is 0 Å². The van der Waals surface area contributed by atoms with E-state index < -0.39 is 5.97 Å². The molecule has 0 aliphatic rings. The number of nitrogens with zero attached hydrogens (tertiary/aromatic N) is 1. The van der Waals surface area contributed by atoms with E-state index in [2.05, 4.69) is 15.9 Å². The first kappa shape index (κ1) is 13.0. The third-order valence-electron chi connectivity index (χ3n) is 2.22. The average Bonchev–Trinajstić information content (AvgIpc) is 2.16. The van der Waals surface area contributed by atoms with Crippen LogP contribution in [0, 0.1) is 6.92 Å². The molecule has 0 fully saturated rings. The Labute approximate surface area is 103 Å². The summed E-state index contributed by atoms with van der Waals surface area (Å²) in [5.74, 6) is -0.851.